The Morgan fingerprint density at radius 2 is 0.962 bits per heavy atom. The van der Waals surface area contributed by atoms with Crippen LogP contribution in [0.2, 0.25) is 0 Å². The summed E-state index contributed by atoms with van der Waals surface area (Å²) in [6.45, 7) is 20.9. The lowest BCUT2D eigenvalue weighted by Crippen LogP contribution is -2.19. The summed E-state index contributed by atoms with van der Waals surface area (Å²) in [7, 11) is 0. The van der Waals surface area contributed by atoms with Gasteiger partial charge in [-0.05, 0) is 103 Å². The average molecular weight is 698 g/mol. The Morgan fingerprint density at radius 1 is 0.453 bits per heavy atom. The molecule has 53 heavy (non-hydrogen) atoms. The molecule has 1 heteroatoms. The van der Waals surface area contributed by atoms with Crippen molar-refractivity contribution in [3.63, 3.8) is 0 Å². The van der Waals surface area contributed by atoms with Gasteiger partial charge < -0.3 is 4.90 Å². The predicted molar refractivity (Wildman–Crippen MR) is 231 cm³/mol. The van der Waals surface area contributed by atoms with Crippen molar-refractivity contribution in [2.75, 3.05) is 4.90 Å². The lowest BCUT2D eigenvalue weighted by Gasteiger charge is -2.33. The zero-order valence-electron chi connectivity index (χ0n) is 33.7. The van der Waals surface area contributed by atoms with Crippen LogP contribution in [0.1, 0.15) is 123 Å². The van der Waals surface area contributed by atoms with E-state index in [1.54, 1.807) is 0 Å². The molecule has 0 atom stereocenters. The van der Waals surface area contributed by atoms with Gasteiger partial charge in [0.2, 0.25) is 0 Å². The summed E-state index contributed by atoms with van der Waals surface area (Å²) in [6.07, 6.45) is 6.55. The van der Waals surface area contributed by atoms with Crippen molar-refractivity contribution in [3.8, 4) is 22.3 Å². The second-order valence-electron chi connectivity index (χ2n) is 18.6. The van der Waals surface area contributed by atoms with Gasteiger partial charge in [0.1, 0.15) is 0 Å². The van der Waals surface area contributed by atoms with Crippen LogP contribution in [-0.4, -0.2) is 0 Å². The van der Waals surface area contributed by atoms with E-state index in [4.69, 9.17) is 0 Å². The standard InChI is InChI=1S/C52H59N/c1-50(2,3)39-31-29-37(30-32-39)43-23-13-15-27-47(43)53(42-34-40(51(4,5)6)33-41(35-42)52(7,8)9)48-28-16-14-24-45(48)46-26-18-22-38-21-17-25-44(49(38)46)36-19-11-10-12-20-36/h13-18,21-36H,10-12,19-20H2,1-9H3. The van der Waals surface area contributed by atoms with Crippen molar-refractivity contribution in [1.29, 1.82) is 0 Å². The minimum Gasteiger partial charge on any atom is -0.309 e. The number of fused-ring (bicyclic) bond motifs is 1. The van der Waals surface area contributed by atoms with Gasteiger partial charge in [-0.15, -0.1) is 0 Å². The normalized spacial score (nSPS) is 14.4. The molecule has 0 saturated heterocycles. The van der Waals surface area contributed by atoms with Crippen LogP contribution in [0, 0.1) is 0 Å². The van der Waals surface area contributed by atoms with Crippen LogP contribution in [0.15, 0.2) is 127 Å². The van der Waals surface area contributed by atoms with Gasteiger partial charge in [-0.3, -0.25) is 0 Å². The number of benzene rings is 6. The van der Waals surface area contributed by atoms with Gasteiger partial charge in [0.25, 0.3) is 0 Å². The second-order valence-corrected chi connectivity index (χ2v) is 18.6. The van der Waals surface area contributed by atoms with E-state index in [1.165, 1.54) is 104 Å². The smallest absolute Gasteiger partial charge is 0.0540 e. The molecule has 1 aliphatic carbocycles. The van der Waals surface area contributed by atoms with Gasteiger partial charge in [0, 0.05) is 16.8 Å². The van der Waals surface area contributed by atoms with Crippen molar-refractivity contribution in [2.45, 2.75) is 117 Å². The number of nitrogens with zero attached hydrogens (tertiary/aromatic N) is 1. The maximum absolute atomic E-state index is 2.56. The molecular formula is C52H59N. The third-order valence-corrected chi connectivity index (χ3v) is 11.5. The Hall–Kier alpha value is -4.62. The van der Waals surface area contributed by atoms with Gasteiger partial charge in [0.15, 0.2) is 0 Å². The van der Waals surface area contributed by atoms with Gasteiger partial charge >= 0.3 is 0 Å². The van der Waals surface area contributed by atoms with Crippen molar-refractivity contribution in [1.82, 2.24) is 0 Å². The Bertz CT molecular complexity index is 2170. The Balaban J connectivity index is 1.53. The third-order valence-electron chi connectivity index (χ3n) is 11.5. The first kappa shape index (κ1) is 36.7. The molecule has 0 radical (unpaired) electrons. The molecule has 0 spiro atoms. The highest BCUT2D eigenvalue weighted by molar-refractivity contribution is 6.04. The summed E-state index contributed by atoms with van der Waals surface area (Å²) in [6, 6.07) is 48.7. The molecule has 0 aliphatic heterocycles. The average Bonchev–Trinajstić information content (AvgIpc) is 3.14. The molecule has 6 aromatic rings. The van der Waals surface area contributed by atoms with Crippen LogP contribution in [-0.2, 0) is 16.2 Å². The van der Waals surface area contributed by atoms with E-state index in [-0.39, 0.29) is 16.2 Å². The van der Waals surface area contributed by atoms with Crippen LogP contribution in [0.5, 0.6) is 0 Å². The lowest BCUT2D eigenvalue weighted by molar-refractivity contribution is 0.445. The molecule has 1 nitrogen and oxygen atoms in total. The second kappa shape index (κ2) is 14.3. The first-order valence-corrected chi connectivity index (χ1v) is 20.0. The molecule has 0 bridgehead atoms. The van der Waals surface area contributed by atoms with E-state index in [0.717, 1.165) is 0 Å². The largest absolute Gasteiger partial charge is 0.309 e. The molecule has 0 amide bonds. The highest BCUT2D eigenvalue weighted by Gasteiger charge is 2.27. The van der Waals surface area contributed by atoms with E-state index in [0.29, 0.717) is 5.92 Å². The van der Waals surface area contributed by atoms with Gasteiger partial charge in [0.05, 0.1) is 11.4 Å². The molecule has 272 valence electrons. The molecule has 0 heterocycles. The minimum absolute atomic E-state index is 0.0198. The molecule has 7 rings (SSSR count). The van der Waals surface area contributed by atoms with Gasteiger partial charge in [-0.1, -0.05) is 185 Å². The van der Waals surface area contributed by atoms with E-state index < -0.39 is 0 Å². The Labute approximate surface area is 320 Å². The van der Waals surface area contributed by atoms with Crippen molar-refractivity contribution >= 4 is 27.8 Å². The summed E-state index contributed by atoms with van der Waals surface area (Å²) in [4.78, 5) is 2.56. The van der Waals surface area contributed by atoms with Crippen molar-refractivity contribution < 1.29 is 0 Å². The third kappa shape index (κ3) is 7.59. The highest BCUT2D eigenvalue weighted by atomic mass is 15.1. The maximum Gasteiger partial charge on any atom is 0.0540 e. The molecule has 0 unspecified atom stereocenters. The van der Waals surface area contributed by atoms with E-state index in [2.05, 4.69) is 195 Å². The monoisotopic (exact) mass is 697 g/mol. The van der Waals surface area contributed by atoms with Crippen LogP contribution in [0.25, 0.3) is 33.0 Å². The summed E-state index contributed by atoms with van der Waals surface area (Å²) in [5.74, 6) is 0.603. The SMILES string of the molecule is CC(C)(C)c1ccc(-c2ccccc2N(c2cc(C(C)(C)C)cc(C(C)(C)C)c2)c2ccccc2-c2cccc3cccc(C4CCCCC4)c23)cc1. The first-order chi connectivity index (χ1) is 25.2. The molecule has 1 saturated carbocycles. The number of rotatable bonds is 6. The van der Waals surface area contributed by atoms with Gasteiger partial charge in [-0.25, -0.2) is 0 Å². The fraction of sp³-hybridized carbons (Fsp3) is 0.346. The van der Waals surface area contributed by atoms with Crippen molar-refractivity contribution in [3.05, 3.63) is 150 Å². The molecular weight excluding hydrogens is 639 g/mol. The number of hydrogen-bond donors (Lipinski definition) is 0. The lowest BCUT2D eigenvalue weighted by atomic mass is 9.80. The van der Waals surface area contributed by atoms with E-state index >= 15 is 0 Å². The Morgan fingerprint density at radius 3 is 1.55 bits per heavy atom. The highest BCUT2D eigenvalue weighted by Crippen LogP contribution is 2.49. The summed E-state index contributed by atoms with van der Waals surface area (Å²) in [5, 5.41) is 2.75. The zero-order valence-corrected chi connectivity index (χ0v) is 33.7. The van der Waals surface area contributed by atoms with E-state index in [1.807, 2.05) is 0 Å². The number of hydrogen-bond acceptors (Lipinski definition) is 1. The zero-order chi connectivity index (χ0) is 37.5. The summed E-state index contributed by atoms with van der Waals surface area (Å²) in [5.41, 5.74) is 14.2. The summed E-state index contributed by atoms with van der Waals surface area (Å²) >= 11 is 0. The molecule has 0 N–H and O–H groups in total. The van der Waals surface area contributed by atoms with Crippen LogP contribution in [0.3, 0.4) is 0 Å². The van der Waals surface area contributed by atoms with Crippen LogP contribution in [0.4, 0.5) is 17.1 Å². The fourth-order valence-electron chi connectivity index (χ4n) is 8.32. The van der Waals surface area contributed by atoms with Crippen LogP contribution < -0.4 is 4.90 Å². The topological polar surface area (TPSA) is 3.24 Å². The fourth-order valence-corrected chi connectivity index (χ4v) is 8.32. The molecule has 1 aliphatic rings. The van der Waals surface area contributed by atoms with Crippen LogP contribution >= 0.6 is 0 Å². The number of para-hydroxylation sites is 2. The minimum atomic E-state index is -0.0198. The van der Waals surface area contributed by atoms with Gasteiger partial charge in [-0.2, -0.15) is 0 Å². The summed E-state index contributed by atoms with van der Waals surface area (Å²) < 4.78 is 0. The quantitative estimate of drug-likeness (QED) is 0.167. The van der Waals surface area contributed by atoms with E-state index in [9.17, 15) is 0 Å². The molecule has 1 fully saturated rings. The first-order valence-electron chi connectivity index (χ1n) is 20.0. The maximum atomic E-state index is 2.56. The number of anilines is 3. The predicted octanol–water partition coefficient (Wildman–Crippen LogP) is 15.6. The molecule has 6 aromatic carbocycles. The van der Waals surface area contributed by atoms with Crippen molar-refractivity contribution in [2.24, 2.45) is 0 Å². The molecule has 0 aromatic heterocycles. The Kier molecular flexibility index (Phi) is 9.92.